The molecule has 0 atom stereocenters. The van der Waals surface area contributed by atoms with Crippen LogP contribution in [0.3, 0.4) is 0 Å². The number of carbonyl (C=O) groups excluding carboxylic acids is 1. The zero-order valence-corrected chi connectivity index (χ0v) is 11.6. The largest absolute Gasteiger partial charge is 0.392 e. The number of carbonyl (C=O) groups is 1. The van der Waals surface area contributed by atoms with Gasteiger partial charge in [-0.25, -0.2) is 0 Å². The molecule has 3 N–H and O–H groups in total. The van der Waals surface area contributed by atoms with Crippen LogP contribution in [0.4, 0.5) is 5.88 Å². The molecule has 1 aromatic carbocycles. The van der Waals surface area contributed by atoms with Gasteiger partial charge in [-0.05, 0) is 11.1 Å². The molecule has 0 spiro atoms. The van der Waals surface area contributed by atoms with Gasteiger partial charge in [-0.1, -0.05) is 29.4 Å². The highest BCUT2D eigenvalue weighted by atomic mass is 16.5. The zero-order chi connectivity index (χ0) is 14.8. The molecule has 1 aliphatic rings. The van der Waals surface area contributed by atoms with Crippen LogP contribution in [0.2, 0.25) is 0 Å². The first kappa shape index (κ1) is 13.6. The molecule has 1 aliphatic heterocycles. The van der Waals surface area contributed by atoms with Gasteiger partial charge in [0.15, 0.2) is 0 Å². The van der Waals surface area contributed by atoms with Gasteiger partial charge in [0, 0.05) is 13.0 Å². The van der Waals surface area contributed by atoms with Crippen molar-refractivity contribution in [3.8, 4) is 0 Å². The van der Waals surface area contributed by atoms with Crippen molar-refractivity contribution in [2.75, 3.05) is 12.3 Å². The number of benzene rings is 1. The topological polar surface area (TPSA) is 92.6 Å². The van der Waals surface area contributed by atoms with Gasteiger partial charge in [0.2, 0.25) is 11.8 Å². The summed E-state index contributed by atoms with van der Waals surface area (Å²) in [5.41, 5.74) is 9.01. The minimum Gasteiger partial charge on any atom is -0.392 e. The van der Waals surface area contributed by atoms with Gasteiger partial charge >= 0.3 is 0 Å². The summed E-state index contributed by atoms with van der Waals surface area (Å²) in [6.07, 6.45) is 0.931. The summed E-state index contributed by atoms with van der Waals surface area (Å²) in [6.45, 7) is 0.982. The number of nitrogens with zero attached hydrogens (tertiary/aromatic N) is 2. The third-order valence-corrected chi connectivity index (χ3v) is 3.85. The number of aliphatic hydroxyl groups excluding tert-OH is 1. The van der Waals surface area contributed by atoms with E-state index in [0.29, 0.717) is 25.4 Å². The van der Waals surface area contributed by atoms with E-state index < -0.39 is 0 Å². The standard InChI is InChI=1S/C15H17N3O3/c16-15-12-8-18(6-5-13(12)17-21-15)14(20)7-10-3-1-2-4-11(10)9-19/h1-4,19H,5-9,16H2. The highest BCUT2D eigenvalue weighted by Crippen LogP contribution is 2.24. The van der Waals surface area contributed by atoms with Crippen LogP contribution in [-0.2, 0) is 30.8 Å². The van der Waals surface area contributed by atoms with Crippen molar-refractivity contribution in [3.05, 3.63) is 46.6 Å². The van der Waals surface area contributed by atoms with Crippen LogP contribution in [0, 0.1) is 0 Å². The van der Waals surface area contributed by atoms with Crippen molar-refractivity contribution < 1.29 is 14.4 Å². The summed E-state index contributed by atoms with van der Waals surface area (Å²) in [6, 6.07) is 7.42. The van der Waals surface area contributed by atoms with E-state index in [1.165, 1.54) is 0 Å². The Morgan fingerprint density at radius 2 is 2.14 bits per heavy atom. The Kier molecular flexibility index (Phi) is 3.62. The lowest BCUT2D eigenvalue weighted by atomic mass is 10.0. The van der Waals surface area contributed by atoms with E-state index in [4.69, 9.17) is 10.3 Å². The summed E-state index contributed by atoms with van der Waals surface area (Å²) in [5.74, 6) is 0.306. The van der Waals surface area contributed by atoms with Crippen LogP contribution in [0.5, 0.6) is 0 Å². The molecule has 0 unspecified atom stereocenters. The Bertz CT molecular complexity index is 666. The number of nitrogens with two attached hydrogens (primary N) is 1. The predicted molar refractivity (Wildman–Crippen MR) is 76.1 cm³/mol. The summed E-state index contributed by atoms with van der Waals surface area (Å²) < 4.78 is 4.96. The molecule has 0 saturated heterocycles. The van der Waals surface area contributed by atoms with E-state index in [2.05, 4.69) is 5.16 Å². The second-order valence-electron chi connectivity index (χ2n) is 5.14. The maximum atomic E-state index is 12.4. The molecular formula is C15H17N3O3. The van der Waals surface area contributed by atoms with E-state index in [9.17, 15) is 9.90 Å². The molecule has 0 aliphatic carbocycles. The summed E-state index contributed by atoms with van der Waals surface area (Å²) in [7, 11) is 0. The minimum atomic E-state index is -0.0633. The summed E-state index contributed by atoms with van der Waals surface area (Å²) in [4.78, 5) is 14.2. The van der Waals surface area contributed by atoms with E-state index in [-0.39, 0.29) is 18.9 Å². The zero-order valence-electron chi connectivity index (χ0n) is 11.6. The van der Waals surface area contributed by atoms with Gasteiger partial charge < -0.3 is 20.3 Å². The molecule has 21 heavy (non-hydrogen) atoms. The van der Waals surface area contributed by atoms with Crippen LogP contribution in [0.15, 0.2) is 28.8 Å². The molecule has 1 amide bonds. The fourth-order valence-corrected chi connectivity index (χ4v) is 2.60. The number of hydrogen-bond donors (Lipinski definition) is 2. The van der Waals surface area contributed by atoms with Crippen molar-refractivity contribution in [1.82, 2.24) is 10.1 Å². The molecule has 0 bridgehead atoms. The van der Waals surface area contributed by atoms with Gasteiger partial charge in [-0.3, -0.25) is 4.79 Å². The maximum absolute atomic E-state index is 12.4. The molecule has 2 heterocycles. The van der Waals surface area contributed by atoms with E-state index >= 15 is 0 Å². The average molecular weight is 287 g/mol. The molecule has 110 valence electrons. The van der Waals surface area contributed by atoms with Gasteiger partial charge in [0.25, 0.3) is 0 Å². The number of hydrogen-bond acceptors (Lipinski definition) is 5. The minimum absolute atomic E-state index is 0.0159. The quantitative estimate of drug-likeness (QED) is 0.874. The highest BCUT2D eigenvalue weighted by Gasteiger charge is 2.26. The first-order valence-electron chi connectivity index (χ1n) is 6.87. The first-order chi connectivity index (χ1) is 10.2. The lowest BCUT2D eigenvalue weighted by molar-refractivity contribution is -0.131. The van der Waals surface area contributed by atoms with E-state index in [1.54, 1.807) is 4.90 Å². The van der Waals surface area contributed by atoms with Crippen molar-refractivity contribution >= 4 is 11.8 Å². The normalized spacial score (nSPS) is 14.0. The maximum Gasteiger partial charge on any atom is 0.227 e. The van der Waals surface area contributed by atoms with Crippen molar-refractivity contribution in [1.29, 1.82) is 0 Å². The number of anilines is 1. The van der Waals surface area contributed by atoms with Gasteiger partial charge in [-0.2, -0.15) is 0 Å². The van der Waals surface area contributed by atoms with Crippen LogP contribution < -0.4 is 5.73 Å². The van der Waals surface area contributed by atoms with E-state index in [0.717, 1.165) is 22.4 Å². The second-order valence-corrected chi connectivity index (χ2v) is 5.14. The molecule has 2 aromatic rings. The van der Waals surface area contributed by atoms with Crippen molar-refractivity contribution in [2.45, 2.75) is 26.0 Å². The number of nitrogen functional groups attached to an aromatic ring is 1. The number of aliphatic hydroxyl groups is 1. The van der Waals surface area contributed by atoms with Crippen LogP contribution in [0.1, 0.15) is 22.4 Å². The Labute approximate surface area is 122 Å². The third-order valence-electron chi connectivity index (χ3n) is 3.85. The molecule has 6 heteroatoms. The Morgan fingerprint density at radius 3 is 2.90 bits per heavy atom. The fraction of sp³-hybridized carbons (Fsp3) is 0.333. The Hall–Kier alpha value is -2.34. The lowest BCUT2D eigenvalue weighted by Crippen LogP contribution is -2.37. The number of amides is 1. The van der Waals surface area contributed by atoms with Crippen molar-refractivity contribution in [2.24, 2.45) is 0 Å². The molecule has 0 saturated carbocycles. The van der Waals surface area contributed by atoms with Crippen LogP contribution >= 0.6 is 0 Å². The van der Waals surface area contributed by atoms with Crippen molar-refractivity contribution in [3.63, 3.8) is 0 Å². The number of rotatable bonds is 3. The van der Waals surface area contributed by atoms with Gasteiger partial charge in [0.1, 0.15) is 0 Å². The molecule has 3 rings (SSSR count). The van der Waals surface area contributed by atoms with Gasteiger partial charge in [0.05, 0.1) is 30.8 Å². The molecular weight excluding hydrogens is 270 g/mol. The molecule has 1 aromatic heterocycles. The van der Waals surface area contributed by atoms with Gasteiger partial charge in [-0.15, -0.1) is 0 Å². The third kappa shape index (κ3) is 2.62. The molecule has 0 fully saturated rings. The lowest BCUT2D eigenvalue weighted by Gasteiger charge is -2.26. The highest BCUT2D eigenvalue weighted by molar-refractivity contribution is 5.79. The first-order valence-corrected chi connectivity index (χ1v) is 6.87. The predicted octanol–water partition coefficient (Wildman–Crippen LogP) is 0.876. The Morgan fingerprint density at radius 1 is 1.38 bits per heavy atom. The average Bonchev–Trinajstić information content (AvgIpc) is 2.88. The van der Waals surface area contributed by atoms with E-state index in [1.807, 2.05) is 24.3 Å². The SMILES string of the molecule is Nc1onc2c1CN(C(=O)Cc1ccccc1CO)CC2. The fourth-order valence-electron chi connectivity index (χ4n) is 2.60. The van der Waals surface area contributed by atoms with Crippen LogP contribution in [-0.4, -0.2) is 27.6 Å². The second kappa shape index (κ2) is 5.57. The number of aromatic nitrogens is 1. The summed E-state index contributed by atoms with van der Waals surface area (Å²) >= 11 is 0. The summed E-state index contributed by atoms with van der Waals surface area (Å²) in [5, 5.41) is 13.2. The molecule has 0 radical (unpaired) electrons. The van der Waals surface area contributed by atoms with Crippen LogP contribution in [0.25, 0.3) is 0 Å². The Balaban J connectivity index is 1.74. The molecule has 6 nitrogen and oxygen atoms in total. The smallest absolute Gasteiger partial charge is 0.227 e. The number of fused-ring (bicyclic) bond motifs is 1. The monoisotopic (exact) mass is 287 g/mol.